The summed E-state index contributed by atoms with van der Waals surface area (Å²) in [6.07, 6.45) is 6.94. The zero-order chi connectivity index (χ0) is 13.7. The minimum Gasteiger partial charge on any atom is -0.628 e. The number of fused-ring (bicyclic) bond motifs is 2. The van der Waals surface area contributed by atoms with Gasteiger partial charge in [-0.3, -0.25) is 13.9 Å². The van der Waals surface area contributed by atoms with E-state index in [-0.39, 0.29) is 16.6 Å². The number of aromatic nitrogens is 2. The lowest BCUT2D eigenvalue weighted by Crippen LogP contribution is -3.09. The molecule has 3 rings (SSSR count). The number of allylic oxidation sites excluding steroid dienone is 2. The molecule has 2 unspecified atom stereocenters. The summed E-state index contributed by atoms with van der Waals surface area (Å²) < 4.78 is 2.16. The minimum absolute atomic E-state index is 0.0155. The maximum Gasteiger partial charge on any atom is 0.332 e. The topological polar surface area (TPSA) is 83.9 Å². The molecule has 19 heavy (non-hydrogen) atoms. The molecule has 0 spiro atoms. The first-order valence-electron chi connectivity index (χ1n) is 5.80. The van der Waals surface area contributed by atoms with Gasteiger partial charge in [0.1, 0.15) is 5.71 Å². The molecule has 1 aliphatic carbocycles. The second-order valence-electron chi connectivity index (χ2n) is 4.53. The summed E-state index contributed by atoms with van der Waals surface area (Å²) >= 11 is 0. The van der Waals surface area contributed by atoms with Gasteiger partial charge in [0, 0.05) is 14.1 Å². The largest absolute Gasteiger partial charge is 0.628 e. The number of hydrogen-bond donors (Lipinski definition) is 1. The summed E-state index contributed by atoms with van der Waals surface area (Å²) in [6, 6.07) is -0.525. The van der Waals surface area contributed by atoms with Gasteiger partial charge in [-0.1, -0.05) is 12.2 Å². The highest BCUT2D eigenvalue weighted by Crippen LogP contribution is 2.21. The second-order valence-corrected chi connectivity index (χ2v) is 4.53. The van der Waals surface area contributed by atoms with Gasteiger partial charge in [-0.25, -0.2) is 9.79 Å². The number of nitrogens with one attached hydrogen (secondary N) is 1. The van der Waals surface area contributed by atoms with Crippen molar-refractivity contribution in [3.63, 3.8) is 0 Å². The monoisotopic (exact) mass is 260 g/mol. The first-order chi connectivity index (χ1) is 9.02. The van der Waals surface area contributed by atoms with Gasteiger partial charge in [-0.05, 0) is 12.2 Å². The van der Waals surface area contributed by atoms with Crippen LogP contribution in [-0.2, 0) is 14.1 Å². The summed E-state index contributed by atoms with van der Waals surface area (Å²) in [7, 11) is 2.86. The molecule has 1 aliphatic heterocycles. The molecule has 98 valence electrons. The van der Waals surface area contributed by atoms with E-state index in [1.54, 1.807) is 24.3 Å². The summed E-state index contributed by atoms with van der Waals surface area (Å²) in [5, 5.41) is 12.1. The molecule has 0 saturated heterocycles. The normalized spacial score (nSPS) is 23.8. The van der Waals surface area contributed by atoms with Crippen molar-refractivity contribution in [3.8, 4) is 0 Å². The minimum atomic E-state index is -0.589. The summed E-state index contributed by atoms with van der Waals surface area (Å²) in [5.74, 6) is 0.143. The van der Waals surface area contributed by atoms with Crippen molar-refractivity contribution >= 4 is 17.2 Å². The molecule has 0 bridgehead atoms. The van der Waals surface area contributed by atoms with Crippen LogP contribution < -0.4 is 16.3 Å². The van der Waals surface area contributed by atoms with E-state index in [4.69, 9.17) is 0 Å². The predicted molar refractivity (Wildman–Crippen MR) is 70.1 cm³/mol. The van der Waals surface area contributed by atoms with E-state index in [0.717, 1.165) is 4.57 Å². The molecule has 0 aromatic carbocycles. The molecule has 0 saturated carbocycles. The van der Waals surface area contributed by atoms with Gasteiger partial charge in [0.05, 0.1) is 0 Å². The maximum atomic E-state index is 12.4. The third kappa shape index (κ3) is 1.49. The van der Waals surface area contributed by atoms with E-state index in [0.29, 0.717) is 5.71 Å². The van der Waals surface area contributed by atoms with Gasteiger partial charge in [-0.2, -0.15) is 0 Å². The van der Waals surface area contributed by atoms with Crippen LogP contribution >= 0.6 is 0 Å². The fourth-order valence-corrected chi connectivity index (χ4v) is 2.32. The van der Waals surface area contributed by atoms with E-state index in [2.05, 4.69) is 4.99 Å². The molecule has 7 nitrogen and oxygen atoms in total. The average Bonchev–Trinajstić information content (AvgIpc) is 2.43. The lowest BCUT2D eigenvalue weighted by molar-refractivity contribution is -0.787. The molecule has 2 heterocycles. The lowest BCUT2D eigenvalue weighted by Gasteiger charge is -2.33. The Hall–Kier alpha value is -2.25. The zero-order valence-corrected chi connectivity index (χ0v) is 10.5. The molecule has 1 aromatic rings. The number of rotatable bonds is 0. The van der Waals surface area contributed by atoms with Gasteiger partial charge in [0.15, 0.2) is 6.04 Å². The predicted octanol–water partition coefficient (Wildman–Crippen LogP) is -1.32. The van der Waals surface area contributed by atoms with Crippen LogP contribution in [-0.4, -0.2) is 20.9 Å². The van der Waals surface area contributed by atoms with Crippen LogP contribution in [0.5, 0.6) is 0 Å². The van der Waals surface area contributed by atoms with Crippen LogP contribution in [0.1, 0.15) is 0 Å². The third-order valence-corrected chi connectivity index (χ3v) is 3.40. The number of nitrogens with zero attached hydrogens (tertiary/aromatic N) is 3. The van der Waals surface area contributed by atoms with E-state index < -0.39 is 17.3 Å². The highest BCUT2D eigenvalue weighted by Gasteiger charge is 2.33. The molecular formula is C12H12N4O3. The van der Waals surface area contributed by atoms with E-state index in [1.165, 1.54) is 18.7 Å². The zero-order valence-electron chi connectivity index (χ0n) is 10.5. The van der Waals surface area contributed by atoms with E-state index in [1.807, 2.05) is 0 Å². The standard InChI is InChI=1S/C12H12N4O3/c1-14-10-9(11(17)15(2)12(14)18)16(19)8-6-4-3-5-7(8)13-10/h3-6,8,16H,1-2H3. The Kier molecular flexibility index (Phi) is 2.41. The molecule has 0 radical (unpaired) electrons. The van der Waals surface area contributed by atoms with Crippen molar-refractivity contribution in [2.75, 3.05) is 0 Å². The Balaban J connectivity index is 2.40. The third-order valence-electron chi connectivity index (χ3n) is 3.40. The SMILES string of the molecule is Cn1c2c(c(=O)n(C)c1=O)[NH+]([O-])C1C=CC=CC1=N2. The van der Waals surface area contributed by atoms with E-state index in [9.17, 15) is 14.8 Å². The molecule has 7 heteroatoms. The van der Waals surface area contributed by atoms with Crippen molar-refractivity contribution in [1.82, 2.24) is 9.13 Å². The smallest absolute Gasteiger partial charge is 0.332 e. The number of hydrogen-bond acceptors (Lipinski definition) is 4. The first kappa shape index (κ1) is 11.8. The van der Waals surface area contributed by atoms with Crippen LogP contribution in [0.3, 0.4) is 0 Å². The van der Waals surface area contributed by atoms with Crippen LogP contribution in [0.25, 0.3) is 0 Å². The van der Waals surface area contributed by atoms with Crippen LogP contribution in [0.4, 0.5) is 11.5 Å². The van der Waals surface area contributed by atoms with Crippen molar-refractivity contribution in [2.24, 2.45) is 19.1 Å². The van der Waals surface area contributed by atoms with Crippen LogP contribution in [0, 0.1) is 5.21 Å². The Bertz CT molecular complexity index is 766. The van der Waals surface area contributed by atoms with Crippen molar-refractivity contribution in [1.29, 1.82) is 0 Å². The van der Waals surface area contributed by atoms with Crippen molar-refractivity contribution < 1.29 is 5.06 Å². The molecule has 0 fully saturated rings. The molecular weight excluding hydrogens is 248 g/mol. The van der Waals surface area contributed by atoms with Crippen LogP contribution in [0.2, 0.25) is 0 Å². The Labute approximate surface area is 108 Å². The molecule has 1 aromatic heterocycles. The summed E-state index contributed by atoms with van der Waals surface area (Å²) in [5.41, 5.74) is -0.537. The summed E-state index contributed by atoms with van der Waals surface area (Å²) in [4.78, 5) is 28.2. The Morgan fingerprint density at radius 2 is 2.00 bits per heavy atom. The number of aliphatic imine (C=N–C) groups is 1. The van der Waals surface area contributed by atoms with E-state index >= 15 is 0 Å². The fourth-order valence-electron chi connectivity index (χ4n) is 2.32. The van der Waals surface area contributed by atoms with Gasteiger partial charge < -0.3 is 10.3 Å². The highest BCUT2D eigenvalue weighted by atomic mass is 16.5. The fraction of sp³-hybridized carbons (Fsp3) is 0.250. The maximum absolute atomic E-state index is 12.4. The Morgan fingerprint density at radius 3 is 2.74 bits per heavy atom. The Morgan fingerprint density at radius 1 is 1.26 bits per heavy atom. The van der Waals surface area contributed by atoms with Crippen molar-refractivity contribution in [2.45, 2.75) is 6.04 Å². The molecule has 2 atom stereocenters. The molecule has 2 aliphatic rings. The average molecular weight is 260 g/mol. The van der Waals surface area contributed by atoms with Gasteiger partial charge >= 0.3 is 11.2 Å². The van der Waals surface area contributed by atoms with Crippen LogP contribution in [0.15, 0.2) is 38.9 Å². The van der Waals surface area contributed by atoms with Gasteiger partial charge in [0.2, 0.25) is 11.5 Å². The van der Waals surface area contributed by atoms with Gasteiger partial charge in [0.25, 0.3) is 0 Å². The van der Waals surface area contributed by atoms with Gasteiger partial charge in [-0.15, -0.1) is 0 Å². The quantitative estimate of drug-likeness (QED) is 0.587. The summed E-state index contributed by atoms with van der Waals surface area (Å²) in [6.45, 7) is 0. The highest BCUT2D eigenvalue weighted by molar-refractivity contribution is 6.03. The number of hydroxylamine groups is 1. The molecule has 0 amide bonds. The molecule has 1 N–H and O–H groups in total. The number of quaternary nitrogens is 1. The lowest BCUT2D eigenvalue weighted by atomic mass is 10.0. The first-order valence-corrected chi connectivity index (χ1v) is 5.80. The van der Waals surface area contributed by atoms with Crippen molar-refractivity contribution in [3.05, 3.63) is 50.3 Å². The second kappa shape index (κ2) is 3.87.